The maximum atomic E-state index is 4.90. The molecule has 0 spiro atoms. The molecular weight excluding hydrogens is 412 g/mol. The summed E-state index contributed by atoms with van der Waals surface area (Å²) in [5, 5.41) is 8.44. The Balaban J connectivity index is 1.48. The van der Waals surface area contributed by atoms with Crippen molar-refractivity contribution in [2.24, 2.45) is 0 Å². The van der Waals surface area contributed by atoms with Crippen molar-refractivity contribution in [1.82, 2.24) is 35.1 Å². The van der Waals surface area contributed by atoms with Gasteiger partial charge in [-0.3, -0.25) is 15.1 Å². The Morgan fingerprint density at radius 2 is 1.79 bits per heavy atom. The molecule has 8 heteroatoms. The Kier molecular flexibility index (Phi) is 4.36. The summed E-state index contributed by atoms with van der Waals surface area (Å²) in [6.45, 7) is 0. The molecule has 0 amide bonds. The molecule has 0 radical (unpaired) electrons. The minimum atomic E-state index is 0.679. The molecule has 2 N–H and O–H groups in total. The van der Waals surface area contributed by atoms with Gasteiger partial charge in [0.05, 0.1) is 34.0 Å². The van der Waals surface area contributed by atoms with Crippen LogP contribution in [0.5, 0.6) is 0 Å². The smallest absolute Gasteiger partial charge is 0.159 e. The van der Waals surface area contributed by atoms with E-state index in [-0.39, 0.29) is 0 Å². The number of aromatic amines is 2. The van der Waals surface area contributed by atoms with Crippen molar-refractivity contribution in [1.29, 1.82) is 0 Å². The molecule has 160 valence electrons. The number of imidazole rings is 1. The topological polar surface area (TPSA) is 99.3 Å². The van der Waals surface area contributed by atoms with Gasteiger partial charge < -0.3 is 9.88 Å². The van der Waals surface area contributed by atoms with Crippen LogP contribution in [0, 0.1) is 0 Å². The predicted octanol–water partition coefficient (Wildman–Crippen LogP) is 4.69. The zero-order chi connectivity index (χ0) is 22.4. The quantitative estimate of drug-likeness (QED) is 0.419. The van der Waals surface area contributed by atoms with Gasteiger partial charge in [-0.15, -0.1) is 0 Å². The number of hydrogen-bond donors (Lipinski definition) is 2. The third-order valence-corrected chi connectivity index (χ3v) is 5.67. The summed E-state index contributed by atoms with van der Waals surface area (Å²) >= 11 is 0. The highest BCUT2D eigenvalue weighted by Crippen LogP contribution is 2.32. The highest BCUT2D eigenvalue weighted by molar-refractivity contribution is 5.96. The average molecular weight is 432 g/mol. The van der Waals surface area contributed by atoms with Gasteiger partial charge in [-0.25, -0.2) is 9.97 Å². The van der Waals surface area contributed by atoms with Crippen molar-refractivity contribution in [3.05, 3.63) is 73.3 Å². The van der Waals surface area contributed by atoms with E-state index in [0.29, 0.717) is 11.5 Å². The van der Waals surface area contributed by atoms with E-state index in [1.807, 2.05) is 74.0 Å². The first-order valence-electron chi connectivity index (χ1n) is 10.5. The van der Waals surface area contributed by atoms with Gasteiger partial charge in [0, 0.05) is 49.4 Å². The lowest BCUT2D eigenvalue weighted by Gasteiger charge is -2.12. The number of fused-ring (bicyclic) bond motifs is 2. The largest absolute Gasteiger partial charge is 0.376 e. The number of hydrogen-bond acceptors (Lipinski definition) is 6. The summed E-state index contributed by atoms with van der Waals surface area (Å²) in [5.41, 5.74) is 8.04. The highest BCUT2D eigenvalue weighted by Gasteiger charge is 2.16. The normalized spacial score (nSPS) is 11.3. The minimum absolute atomic E-state index is 0.679. The van der Waals surface area contributed by atoms with Gasteiger partial charge in [0.15, 0.2) is 11.5 Å². The first-order valence-corrected chi connectivity index (χ1v) is 10.5. The van der Waals surface area contributed by atoms with Gasteiger partial charge in [-0.05, 0) is 30.3 Å². The zero-order valence-corrected chi connectivity index (χ0v) is 18.1. The lowest BCUT2D eigenvalue weighted by molar-refractivity contribution is 1.09. The van der Waals surface area contributed by atoms with Gasteiger partial charge in [0.2, 0.25) is 0 Å². The Labute approximate surface area is 189 Å². The number of anilines is 1. The van der Waals surface area contributed by atoms with Gasteiger partial charge in [0.1, 0.15) is 5.69 Å². The number of rotatable bonds is 4. The Hall–Kier alpha value is -4.59. The van der Waals surface area contributed by atoms with Crippen molar-refractivity contribution in [3.63, 3.8) is 0 Å². The fourth-order valence-corrected chi connectivity index (χ4v) is 3.95. The van der Waals surface area contributed by atoms with Crippen molar-refractivity contribution in [2.75, 3.05) is 19.0 Å². The third-order valence-electron chi connectivity index (χ3n) is 5.67. The molecular formula is C25H20N8. The average Bonchev–Trinajstić information content (AvgIpc) is 3.48. The second-order valence-electron chi connectivity index (χ2n) is 8.02. The summed E-state index contributed by atoms with van der Waals surface area (Å²) in [6, 6.07) is 16.1. The highest BCUT2D eigenvalue weighted by atomic mass is 15.2. The van der Waals surface area contributed by atoms with Gasteiger partial charge in [0.25, 0.3) is 0 Å². The fraction of sp³-hybridized carbons (Fsp3) is 0.0800. The van der Waals surface area contributed by atoms with Crippen molar-refractivity contribution in [2.45, 2.75) is 0 Å². The predicted molar refractivity (Wildman–Crippen MR) is 130 cm³/mol. The summed E-state index contributed by atoms with van der Waals surface area (Å²) in [6.07, 6.45) is 7.30. The molecule has 0 bridgehead atoms. The summed E-state index contributed by atoms with van der Waals surface area (Å²) in [4.78, 5) is 23.8. The number of para-hydroxylation sites is 1. The number of nitrogens with one attached hydrogen (secondary N) is 2. The molecule has 0 saturated heterocycles. The molecule has 0 fully saturated rings. The molecule has 0 aliphatic carbocycles. The van der Waals surface area contributed by atoms with E-state index >= 15 is 0 Å². The van der Waals surface area contributed by atoms with E-state index in [0.717, 1.165) is 50.2 Å². The van der Waals surface area contributed by atoms with Crippen LogP contribution in [0.3, 0.4) is 0 Å². The molecule has 0 aliphatic heterocycles. The second-order valence-corrected chi connectivity index (χ2v) is 8.02. The number of benzene rings is 1. The van der Waals surface area contributed by atoms with Crippen LogP contribution >= 0.6 is 0 Å². The van der Waals surface area contributed by atoms with Crippen LogP contribution in [0.2, 0.25) is 0 Å². The van der Waals surface area contributed by atoms with Crippen LogP contribution in [0.1, 0.15) is 0 Å². The van der Waals surface area contributed by atoms with E-state index in [1.54, 1.807) is 6.20 Å². The summed E-state index contributed by atoms with van der Waals surface area (Å²) < 4.78 is 0. The minimum Gasteiger partial charge on any atom is -0.376 e. The molecule has 0 atom stereocenters. The first kappa shape index (κ1) is 19.1. The van der Waals surface area contributed by atoms with Crippen LogP contribution in [-0.2, 0) is 0 Å². The maximum Gasteiger partial charge on any atom is 0.159 e. The summed E-state index contributed by atoms with van der Waals surface area (Å²) in [7, 11) is 3.99. The first-order chi connectivity index (χ1) is 16.2. The van der Waals surface area contributed by atoms with E-state index in [4.69, 9.17) is 4.98 Å². The van der Waals surface area contributed by atoms with E-state index in [2.05, 4.69) is 42.3 Å². The lowest BCUT2D eigenvalue weighted by Crippen LogP contribution is -2.08. The van der Waals surface area contributed by atoms with Gasteiger partial charge in [-0.1, -0.05) is 18.2 Å². The van der Waals surface area contributed by atoms with E-state index < -0.39 is 0 Å². The number of aromatic nitrogens is 7. The second kappa shape index (κ2) is 7.52. The zero-order valence-electron chi connectivity index (χ0n) is 18.1. The molecule has 0 saturated carbocycles. The standard InChI is InChI=1S/C25H20N8/c1-33(2)17-10-15(12-26-14-17)16-11-19-23(31-32-24(19)28-13-16)25-29-21-8-5-6-18(22(21)30-25)20-7-3-4-9-27-20/h3-14H,1-2H3,(H,29,30)(H,28,31,32). The van der Waals surface area contributed by atoms with Crippen LogP contribution in [0.15, 0.2) is 73.3 Å². The molecule has 6 aromatic rings. The molecule has 5 aromatic heterocycles. The van der Waals surface area contributed by atoms with Crippen molar-refractivity contribution >= 4 is 27.8 Å². The Morgan fingerprint density at radius 1 is 0.879 bits per heavy atom. The van der Waals surface area contributed by atoms with Gasteiger partial charge >= 0.3 is 0 Å². The monoisotopic (exact) mass is 432 g/mol. The SMILES string of the molecule is CN(C)c1cncc(-c2cnc3[nH]nc(-c4nc5c(-c6ccccn6)cccc5[nH]4)c3c2)c1. The summed E-state index contributed by atoms with van der Waals surface area (Å²) in [5.74, 6) is 0.679. The van der Waals surface area contributed by atoms with E-state index in [9.17, 15) is 0 Å². The number of nitrogens with zero attached hydrogens (tertiary/aromatic N) is 6. The Bertz CT molecular complexity index is 1600. The lowest BCUT2D eigenvalue weighted by atomic mass is 10.1. The third kappa shape index (κ3) is 3.28. The molecule has 5 heterocycles. The Morgan fingerprint density at radius 3 is 2.64 bits per heavy atom. The molecule has 33 heavy (non-hydrogen) atoms. The maximum absolute atomic E-state index is 4.90. The van der Waals surface area contributed by atoms with Gasteiger partial charge in [-0.2, -0.15) is 5.10 Å². The van der Waals surface area contributed by atoms with Crippen molar-refractivity contribution < 1.29 is 0 Å². The molecule has 0 unspecified atom stereocenters. The fourth-order valence-electron chi connectivity index (χ4n) is 3.95. The molecule has 1 aromatic carbocycles. The molecule has 8 nitrogen and oxygen atoms in total. The van der Waals surface area contributed by atoms with Crippen LogP contribution in [0.25, 0.3) is 56.0 Å². The van der Waals surface area contributed by atoms with E-state index in [1.165, 1.54) is 0 Å². The van der Waals surface area contributed by atoms with Crippen LogP contribution in [-0.4, -0.2) is 49.2 Å². The molecule has 6 rings (SSSR count). The van der Waals surface area contributed by atoms with Crippen molar-refractivity contribution in [3.8, 4) is 33.9 Å². The van der Waals surface area contributed by atoms with Crippen LogP contribution < -0.4 is 4.90 Å². The number of H-pyrrole nitrogens is 2. The number of pyridine rings is 3. The molecule has 0 aliphatic rings. The van der Waals surface area contributed by atoms with Crippen LogP contribution in [0.4, 0.5) is 5.69 Å².